The lowest BCUT2D eigenvalue weighted by molar-refractivity contribution is 0.411. The number of hydrogen-bond donors (Lipinski definition) is 1. The van der Waals surface area contributed by atoms with Crippen LogP contribution in [0.15, 0.2) is 30.7 Å². The molecule has 0 saturated heterocycles. The minimum absolute atomic E-state index is 0.325. The maximum atomic E-state index is 13.5. The Labute approximate surface area is 80.6 Å². The first kappa shape index (κ1) is 8.74. The highest BCUT2D eigenvalue weighted by Crippen LogP contribution is 2.23. The van der Waals surface area contributed by atoms with Crippen molar-refractivity contribution in [3.05, 3.63) is 36.5 Å². The van der Waals surface area contributed by atoms with Crippen molar-refractivity contribution in [1.82, 2.24) is 9.97 Å². The smallest absolute Gasteiger partial charge is 0.136 e. The number of halogens is 1. The van der Waals surface area contributed by atoms with Gasteiger partial charge in [0.2, 0.25) is 0 Å². The molecule has 1 aromatic heterocycles. The zero-order valence-electron chi connectivity index (χ0n) is 7.62. The molecular weight excluding hydrogens is 183 g/mol. The van der Waals surface area contributed by atoms with Crippen LogP contribution in [0.2, 0.25) is 0 Å². The third-order valence-electron chi connectivity index (χ3n) is 1.96. The number of aromatic nitrogens is 2. The van der Waals surface area contributed by atoms with E-state index in [-0.39, 0.29) is 5.82 Å². The Morgan fingerprint density at radius 3 is 2.86 bits per heavy atom. The molecule has 0 radical (unpaired) electrons. The molecule has 0 aliphatic rings. The Balaban J connectivity index is 2.46. The van der Waals surface area contributed by atoms with Gasteiger partial charge in [-0.05, 0) is 12.1 Å². The SMILES string of the molecule is COc1ccc(-c2cnc[nH]2)c(F)c1. The topological polar surface area (TPSA) is 37.9 Å². The van der Waals surface area contributed by atoms with Gasteiger partial charge in [-0.25, -0.2) is 9.37 Å². The van der Waals surface area contributed by atoms with Crippen molar-refractivity contribution in [3.63, 3.8) is 0 Å². The van der Waals surface area contributed by atoms with Crippen LogP contribution in [0.5, 0.6) is 5.75 Å². The number of imidazole rings is 1. The lowest BCUT2D eigenvalue weighted by Gasteiger charge is -2.03. The lowest BCUT2D eigenvalue weighted by Crippen LogP contribution is -1.87. The fraction of sp³-hybridized carbons (Fsp3) is 0.100. The van der Waals surface area contributed by atoms with Gasteiger partial charge in [-0.2, -0.15) is 0 Å². The molecule has 1 heterocycles. The van der Waals surface area contributed by atoms with Crippen molar-refractivity contribution in [2.45, 2.75) is 0 Å². The van der Waals surface area contributed by atoms with Crippen molar-refractivity contribution in [1.29, 1.82) is 0 Å². The standard InChI is InChI=1S/C10H9FN2O/c1-14-7-2-3-8(9(11)4-7)10-5-12-6-13-10/h2-6H,1H3,(H,12,13). The highest BCUT2D eigenvalue weighted by atomic mass is 19.1. The molecule has 0 saturated carbocycles. The molecule has 0 unspecified atom stereocenters. The molecule has 0 aliphatic carbocycles. The van der Waals surface area contributed by atoms with Crippen molar-refractivity contribution in [2.75, 3.05) is 7.11 Å². The van der Waals surface area contributed by atoms with Gasteiger partial charge in [-0.1, -0.05) is 0 Å². The van der Waals surface area contributed by atoms with E-state index in [9.17, 15) is 4.39 Å². The van der Waals surface area contributed by atoms with Crippen molar-refractivity contribution >= 4 is 0 Å². The number of methoxy groups -OCH3 is 1. The summed E-state index contributed by atoms with van der Waals surface area (Å²) in [6, 6.07) is 4.71. The van der Waals surface area contributed by atoms with Crippen LogP contribution in [0.1, 0.15) is 0 Å². The average molecular weight is 192 g/mol. The summed E-state index contributed by atoms with van der Waals surface area (Å²) in [5, 5.41) is 0. The normalized spacial score (nSPS) is 10.1. The summed E-state index contributed by atoms with van der Waals surface area (Å²) in [6.45, 7) is 0. The molecule has 1 aromatic carbocycles. The van der Waals surface area contributed by atoms with Gasteiger partial charge in [0.15, 0.2) is 0 Å². The van der Waals surface area contributed by atoms with Crippen molar-refractivity contribution < 1.29 is 9.13 Å². The fourth-order valence-corrected chi connectivity index (χ4v) is 1.24. The monoisotopic (exact) mass is 192 g/mol. The van der Waals surface area contributed by atoms with E-state index >= 15 is 0 Å². The van der Waals surface area contributed by atoms with E-state index in [1.165, 1.54) is 19.5 Å². The van der Waals surface area contributed by atoms with Crippen LogP contribution in [0.4, 0.5) is 4.39 Å². The van der Waals surface area contributed by atoms with E-state index in [4.69, 9.17) is 4.74 Å². The molecule has 0 fully saturated rings. The van der Waals surface area contributed by atoms with Crippen molar-refractivity contribution in [2.24, 2.45) is 0 Å². The second kappa shape index (κ2) is 3.49. The number of benzene rings is 1. The van der Waals surface area contributed by atoms with Crippen LogP contribution in [0.25, 0.3) is 11.3 Å². The predicted octanol–water partition coefficient (Wildman–Crippen LogP) is 2.22. The van der Waals surface area contributed by atoms with Gasteiger partial charge in [0.05, 0.1) is 25.3 Å². The molecule has 72 valence electrons. The summed E-state index contributed by atoms with van der Waals surface area (Å²) >= 11 is 0. The number of hydrogen-bond acceptors (Lipinski definition) is 2. The molecule has 0 bridgehead atoms. The molecule has 14 heavy (non-hydrogen) atoms. The first-order valence-electron chi connectivity index (χ1n) is 4.13. The summed E-state index contributed by atoms with van der Waals surface area (Å²) in [5.74, 6) is 0.180. The van der Waals surface area contributed by atoms with Crippen LogP contribution in [-0.4, -0.2) is 17.1 Å². The van der Waals surface area contributed by atoms with Gasteiger partial charge >= 0.3 is 0 Å². The first-order valence-corrected chi connectivity index (χ1v) is 4.13. The number of rotatable bonds is 2. The van der Waals surface area contributed by atoms with Crippen LogP contribution in [-0.2, 0) is 0 Å². The highest BCUT2D eigenvalue weighted by Gasteiger charge is 2.06. The Morgan fingerprint density at radius 2 is 2.29 bits per heavy atom. The summed E-state index contributed by atoms with van der Waals surface area (Å²) in [6.07, 6.45) is 3.09. The molecule has 0 spiro atoms. The Kier molecular flexibility index (Phi) is 2.18. The van der Waals surface area contributed by atoms with Crippen LogP contribution in [0, 0.1) is 5.82 Å². The van der Waals surface area contributed by atoms with Gasteiger partial charge in [0.25, 0.3) is 0 Å². The minimum atomic E-state index is -0.325. The predicted molar refractivity (Wildman–Crippen MR) is 50.5 cm³/mol. The van der Waals surface area contributed by atoms with Crippen LogP contribution >= 0.6 is 0 Å². The van der Waals surface area contributed by atoms with Crippen LogP contribution < -0.4 is 4.74 Å². The number of nitrogens with one attached hydrogen (secondary N) is 1. The Hall–Kier alpha value is -1.84. The number of H-pyrrole nitrogens is 1. The van der Waals surface area contributed by atoms with Gasteiger partial charge in [0.1, 0.15) is 11.6 Å². The molecule has 2 aromatic rings. The fourth-order valence-electron chi connectivity index (χ4n) is 1.24. The molecule has 2 rings (SSSR count). The third-order valence-corrected chi connectivity index (χ3v) is 1.96. The third kappa shape index (κ3) is 1.46. The van der Waals surface area contributed by atoms with E-state index in [2.05, 4.69) is 9.97 Å². The summed E-state index contributed by atoms with van der Waals surface area (Å²) in [5.41, 5.74) is 1.15. The van der Waals surface area contributed by atoms with Gasteiger partial charge in [-0.15, -0.1) is 0 Å². The molecule has 0 aliphatic heterocycles. The number of aromatic amines is 1. The largest absolute Gasteiger partial charge is 0.497 e. The highest BCUT2D eigenvalue weighted by molar-refractivity contribution is 5.60. The number of nitrogens with zero attached hydrogens (tertiary/aromatic N) is 1. The molecule has 0 atom stereocenters. The molecule has 0 amide bonds. The summed E-state index contributed by atoms with van der Waals surface area (Å²) in [7, 11) is 1.50. The number of ether oxygens (including phenoxy) is 1. The average Bonchev–Trinajstić information content (AvgIpc) is 2.70. The molecule has 4 heteroatoms. The first-order chi connectivity index (χ1) is 6.81. The van der Waals surface area contributed by atoms with Crippen molar-refractivity contribution in [3.8, 4) is 17.0 Å². The molecule has 1 N–H and O–H groups in total. The van der Waals surface area contributed by atoms with Gasteiger partial charge in [-0.3, -0.25) is 0 Å². The zero-order chi connectivity index (χ0) is 9.97. The lowest BCUT2D eigenvalue weighted by atomic mass is 10.1. The zero-order valence-corrected chi connectivity index (χ0v) is 7.62. The molecule has 3 nitrogen and oxygen atoms in total. The van der Waals surface area contributed by atoms with Gasteiger partial charge < -0.3 is 9.72 Å². The van der Waals surface area contributed by atoms with E-state index in [0.29, 0.717) is 17.0 Å². The maximum absolute atomic E-state index is 13.5. The molecular formula is C10H9FN2O. The second-order valence-electron chi connectivity index (χ2n) is 2.81. The quantitative estimate of drug-likeness (QED) is 0.792. The van der Waals surface area contributed by atoms with E-state index in [1.54, 1.807) is 18.3 Å². The Morgan fingerprint density at radius 1 is 1.43 bits per heavy atom. The summed E-state index contributed by atoms with van der Waals surface area (Å²) < 4.78 is 18.4. The second-order valence-corrected chi connectivity index (χ2v) is 2.81. The maximum Gasteiger partial charge on any atom is 0.136 e. The minimum Gasteiger partial charge on any atom is -0.497 e. The van der Waals surface area contributed by atoms with Crippen LogP contribution in [0.3, 0.4) is 0 Å². The van der Waals surface area contributed by atoms with E-state index < -0.39 is 0 Å². The summed E-state index contributed by atoms with van der Waals surface area (Å²) in [4.78, 5) is 6.67. The van der Waals surface area contributed by atoms with E-state index in [1.807, 2.05) is 0 Å². The van der Waals surface area contributed by atoms with Gasteiger partial charge in [0, 0.05) is 11.6 Å². The Bertz CT molecular complexity index is 426. The van der Waals surface area contributed by atoms with E-state index in [0.717, 1.165) is 0 Å².